The molecule has 0 saturated heterocycles. The highest BCUT2D eigenvalue weighted by molar-refractivity contribution is 8.13. The van der Waals surface area contributed by atoms with Gasteiger partial charge in [-0.2, -0.15) is 0 Å². The molecule has 1 unspecified atom stereocenters. The molecule has 0 spiro atoms. The van der Waals surface area contributed by atoms with Crippen LogP contribution in [-0.2, 0) is 9.05 Å². The third-order valence-electron chi connectivity index (χ3n) is 2.93. The van der Waals surface area contributed by atoms with Crippen molar-refractivity contribution >= 4 is 37.2 Å². The van der Waals surface area contributed by atoms with Crippen molar-refractivity contribution in [3.8, 4) is 0 Å². The third kappa shape index (κ3) is 4.65. The molecular formula is C13H17Cl2NO3S. The van der Waals surface area contributed by atoms with Crippen LogP contribution in [0.25, 0.3) is 0 Å². The standard InChI is InChI=1S/C13H17Cl2NO3S/c1-3-5-9(4-2)16-13(17)11-8-10(20(15,18)19)6-7-12(11)14/h6-9H,3-5H2,1-2H3,(H,16,17). The van der Waals surface area contributed by atoms with Crippen LogP contribution in [0.15, 0.2) is 23.1 Å². The van der Waals surface area contributed by atoms with E-state index in [0.29, 0.717) is 0 Å². The van der Waals surface area contributed by atoms with Gasteiger partial charge in [-0.3, -0.25) is 4.79 Å². The normalized spacial score (nSPS) is 13.0. The van der Waals surface area contributed by atoms with Gasteiger partial charge in [-0.1, -0.05) is 31.9 Å². The van der Waals surface area contributed by atoms with Gasteiger partial charge >= 0.3 is 0 Å². The maximum Gasteiger partial charge on any atom is 0.261 e. The molecule has 0 aromatic heterocycles. The lowest BCUT2D eigenvalue weighted by Gasteiger charge is -2.16. The van der Waals surface area contributed by atoms with Gasteiger partial charge in [0, 0.05) is 16.7 Å². The lowest BCUT2D eigenvalue weighted by molar-refractivity contribution is 0.0933. The Kier molecular flexibility index (Phi) is 6.30. The predicted octanol–water partition coefficient (Wildman–Crippen LogP) is 3.58. The van der Waals surface area contributed by atoms with Crippen LogP contribution in [0.2, 0.25) is 5.02 Å². The van der Waals surface area contributed by atoms with Crippen LogP contribution in [0.3, 0.4) is 0 Å². The van der Waals surface area contributed by atoms with Gasteiger partial charge in [0.1, 0.15) is 0 Å². The van der Waals surface area contributed by atoms with E-state index in [4.69, 9.17) is 22.3 Å². The second kappa shape index (κ2) is 7.29. The maximum atomic E-state index is 12.2. The minimum Gasteiger partial charge on any atom is -0.349 e. The molecule has 0 aliphatic heterocycles. The molecule has 0 saturated carbocycles. The van der Waals surface area contributed by atoms with Gasteiger partial charge in [-0.05, 0) is 31.0 Å². The van der Waals surface area contributed by atoms with Crippen molar-refractivity contribution in [3.05, 3.63) is 28.8 Å². The van der Waals surface area contributed by atoms with Gasteiger partial charge in [-0.25, -0.2) is 8.42 Å². The monoisotopic (exact) mass is 337 g/mol. The molecule has 0 aliphatic rings. The highest BCUT2D eigenvalue weighted by Crippen LogP contribution is 2.23. The highest BCUT2D eigenvalue weighted by atomic mass is 35.7. The molecule has 0 aliphatic carbocycles. The van der Waals surface area contributed by atoms with Crippen LogP contribution in [-0.4, -0.2) is 20.4 Å². The van der Waals surface area contributed by atoms with Gasteiger partial charge in [-0.15, -0.1) is 0 Å². The molecule has 0 heterocycles. The first-order valence-corrected chi connectivity index (χ1v) is 9.03. The average Bonchev–Trinajstić information content (AvgIpc) is 2.37. The fraction of sp³-hybridized carbons (Fsp3) is 0.462. The predicted molar refractivity (Wildman–Crippen MR) is 80.9 cm³/mol. The van der Waals surface area contributed by atoms with E-state index in [1.807, 2.05) is 13.8 Å². The summed E-state index contributed by atoms with van der Waals surface area (Å²) < 4.78 is 22.6. The van der Waals surface area contributed by atoms with Gasteiger partial charge in [0.2, 0.25) is 0 Å². The fourth-order valence-corrected chi connectivity index (χ4v) is 2.80. The number of hydrogen-bond acceptors (Lipinski definition) is 3. The van der Waals surface area contributed by atoms with E-state index in [1.165, 1.54) is 18.2 Å². The van der Waals surface area contributed by atoms with Crippen LogP contribution < -0.4 is 5.32 Å². The third-order valence-corrected chi connectivity index (χ3v) is 4.61. The van der Waals surface area contributed by atoms with Crippen LogP contribution in [0.1, 0.15) is 43.5 Å². The van der Waals surface area contributed by atoms with E-state index in [1.54, 1.807) is 0 Å². The first-order chi connectivity index (χ1) is 9.29. The first-order valence-electron chi connectivity index (χ1n) is 6.34. The number of carbonyl (C=O) groups excluding carboxylic acids is 1. The van der Waals surface area contributed by atoms with Crippen LogP contribution in [0.4, 0.5) is 0 Å². The van der Waals surface area contributed by atoms with Crippen molar-refractivity contribution in [2.75, 3.05) is 0 Å². The summed E-state index contributed by atoms with van der Waals surface area (Å²) >= 11 is 5.95. The molecule has 20 heavy (non-hydrogen) atoms. The van der Waals surface area contributed by atoms with Crippen molar-refractivity contribution in [2.24, 2.45) is 0 Å². The van der Waals surface area contributed by atoms with Gasteiger partial charge in [0.15, 0.2) is 0 Å². The summed E-state index contributed by atoms with van der Waals surface area (Å²) in [5, 5.41) is 3.03. The van der Waals surface area contributed by atoms with E-state index in [-0.39, 0.29) is 21.5 Å². The average molecular weight is 338 g/mol. The Balaban J connectivity index is 3.03. The molecule has 7 heteroatoms. The lowest BCUT2D eigenvalue weighted by atomic mass is 10.1. The van der Waals surface area contributed by atoms with Crippen molar-refractivity contribution in [3.63, 3.8) is 0 Å². The van der Waals surface area contributed by atoms with Crippen LogP contribution >= 0.6 is 22.3 Å². The van der Waals surface area contributed by atoms with E-state index < -0.39 is 15.0 Å². The summed E-state index contributed by atoms with van der Waals surface area (Å²) in [6.45, 7) is 4.00. The Bertz CT molecular complexity index is 587. The molecule has 0 radical (unpaired) electrons. The van der Waals surface area contributed by atoms with E-state index >= 15 is 0 Å². The van der Waals surface area contributed by atoms with E-state index in [0.717, 1.165) is 19.3 Å². The van der Waals surface area contributed by atoms with Crippen LogP contribution in [0.5, 0.6) is 0 Å². The molecule has 1 atom stereocenters. The molecule has 112 valence electrons. The van der Waals surface area contributed by atoms with Crippen molar-refractivity contribution in [1.82, 2.24) is 5.32 Å². The zero-order chi connectivity index (χ0) is 15.3. The molecule has 4 nitrogen and oxygen atoms in total. The largest absolute Gasteiger partial charge is 0.349 e. The van der Waals surface area contributed by atoms with Crippen molar-refractivity contribution in [2.45, 2.75) is 44.0 Å². The summed E-state index contributed by atoms with van der Waals surface area (Å²) in [6.07, 6.45) is 2.60. The second-order valence-corrected chi connectivity index (χ2v) is 7.42. The maximum absolute atomic E-state index is 12.2. The number of rotatable bonds is 6. The molecule has 0 bridgehead atoms. The Labute approximate surface area is 128 Å². The van der Waals surface area contributed by atoms with Crippen molar-refractivity contribution in [1.29, 1.82) is 0 Å². The molecule has 1 rings (SSSR count). The second-order valence-electron chi connectivity index (χ2n) is 4.45. The zero-order valence-corrected chi connectivity index (χ0v) is 13.6. The number of nitrogens with one attached hydrogen (secondary N) is 1. The lowest BCUT2D eigenvalue weighted by Crippen LogP contribution is -2.34. The molecule has 1 amide bonds. The molecule has 1 aromatic rings. The van der Waals surface area contributed by atoms with E-state index in [9.17, 15) is 13.2 Å². The topological polar surface area (TPSA) is 63.2 Å². The first kappa shape index (κ1) is 17.3. The summed E-state index contributed by atoms with van der Waals surface area (Å²) in [4.78, 5) is 12.0. The van der Waals surface area contributed by atoms with E-state index in [2.05, 4.69) is 5.32 Å². The summed E-state index contributed by atoms with van der Waals surface area (Å²) in [5.74, 6) is -0.391. The highest BCUT2D eigenvalue weighted by Gasteiger charge is 2.18. The fourth-order valence-electron chi connectivity index (χ4n) is 1.82. The summed E-state index contributed by atoms with van der Waals surface area (Å²) in [5.41, 5.74) is 0.114. The number of halogens is 2. The minimum atomic E-state index is -3.89. The van der Waals surface area contributed by atoms with Gasteiger partial charge in [0.05, 0.1) is 15.5 Å². The Hall–Kier alpha value is -0.780. The number of benzene rings is 1. The molecule has 1 aromatic carbocycles. The minimum absolute atomic E-state index is 0.0415. The number of carbonyl (C=O) groups is 1. The SMILES string of the molecule is CCCC(CC)NC(=O)c1cc(S(=O)(=O)Cl)ccc1Cl. The van der Waals surface area contributed by atoms with Gasteiger partial charge < -0.3 is 5.32 Å². The summed E-state index contributed by atoms with van der Waals surface area (Å²) in [7, 11) is 1.38. The molecule has 1 N–H and O–H groups in total. The molecular weight excluding hydrogens is 321 g/mol. The van der Waals surface area contributed by atoms with Crippen molar-refractivity contribution < 1.29 is 13.2 Å². The Morgan fingerprint density at radius 3 is 2.50 bits per heavy atom. The van der Waals surface area contributed by atoms with Gasteiger partial charge in [0.25, 0.3) is 15.0 Å². The number of amides is 1. The molecule has 0 fully saturated rings. The quantitative estimate of drug-likeness (QED) is 0.807. The summed E-state index contributed by atoms with van der Waals surface area (Å²) in [6, 6.07) is 3.86. The Morgan fingerprint density at radius 1 is 1.35 bits per heavy atom. The number of hydrogen-bond donors (Lipinski definition) is 1. The van der Waals surface area contributed by atoms with Crippen LogP contribution in [0, 0.1) is 0 Å². The Morgan fingerprint density at radius 2 is 2.00 bits per heavy atom. The zero-order valence-electron chi connectivity index (χ0n) is 11.3. The smallest absolute Gasteiger partial charge is 0.261 e.